The van der Waals surface area contributed by atoms with Crippen LogP contribution in [0.5, 0.6) is 0 Å². The smallest absolute Gasteiger partial charge is 0.279 e. The Balaban J connectivity index is 1.60. The van der Waals surface area contributed by atoms with Crippen molar-refractivity contribution in [1.82, 2.24) is 4.90 Å². The third kappa shape index (κ3) is 3.03. The van der Waals surface area contributed by atoms with Crippen molar-refractivity contribution in [3.63, 3.8) is 0 Å². The second-order valence-electron chi connectivity index (χ2n) is 5.86. The third-order valence-electron chi connectivity index (χ3n) is 4.51. The third-order valence-corrected chi connectivity index (χ3v) is 4.51. The van der Waals surface area contributed by atoms with Gasteiger partial charge in [0, 0.05) is 37.5 Å². The Kier molecular flexibility index (Phi) is 3.60. The SMILES string of the molecule is O=C(C[N+]12CCN(CC1)CC2)Nc1ccc([N+](=O)[O-])cc1. The number of carbonyl (C=O) groups excluding carboxylic acids is 1. The summed E-state index contributed by atoms with van der Waals surface area (Å²) in [7, 11) is 0. The first-order valence-electron chi connectivity index (χ1n) is 7.18. The molecule has 3 fully saturated rings. The molecule has 1 N–H and O–H groups in total. The number of fused-ring (bicyclic) bond motifs is 3. The molecule has 3 saturated heterocycles. The first-order valence-corrected chi connectivity index (χ1v) is 7.18. The molecule has 0 spiro atoms. The second-order valence-corrected chi connectivity index (χ2v) is 5.86. The molecule has 3 aliphatic rings. The molecule has 7 heteroatoms. The van der Waals surface area contributed by atoms with Gasteiger partial charge in [-0.3, -0.25) is 19.8 Å². The summed E-state index contributed by atoms with van der Waals surface area (Å²) in [6.45, 7) is 6.82. The molecule has 0 aliphatic carbocycles. The maximum Gasteiger partial charge on any atom is 0.279 e. The van der Waals surface area contributed by atoms with Crippen molar-refractivity contribution >= 4 is 17.3 Å². The quantitative estimate of drug-likeness (QED) is 0.503. The largest absolute Gasteiger partial charge is 0.321 e. The molecule has 3 aliphatic heterocycles. The molecule has 0 aromatic heterocycles. The van der Waals surface area contributed by atoms with E-state index in [9.17, 15) is 14.9 Å². The number of quaternary nitrogens is 1. The van der Waals surface area contributed by atoms with Crippen LogP contribution in [0.4, 0.5) is 11.4 Å². The lowest BCUT2D eigenvalue weighted by Crippen LogP contribution is -2.68. The fraction of sp³-hybridized carbons (Fsp3) is 0.500. The molecule has 21 heavy (non-hydrogen) atoms. The Morgan fingerprint density at radius 1 is 1.19 bits per heavy atom. The number of nitro benzene ring substituents is 1. The van der Waals surface area contributed by atoms with E-state index in [2.05, 4.69) is 10.2 Å². The van der Waals surface area contributed by atoms with Crippen LogP contribution in [0.25, 0.3) is 0 Å². The van der Waals surface area contributed by atoms with Crippen molar-refractivity contribution in [1.29, 1.82) is 0 Å². The standard InChI is InChI=1S/C14H18N4O3/c19-14(11-18-8-5-16(6-9-18)7-10-18)15-12-1-3-13(4-2-12)17(20)21/h1-4H,5-11H2/p+1. The molecule has 112 valence electrons. The van der Waals surface area contributed by atoms with Gasteiger partial charge in [-0.2, -0.15) is 0 Å². The summed E-state index contributed by atoms with van der Waals surface area (Å²) in [5.41, 5.74) is 0.640. The van der Waals surface area contributed by atoms with Gasteiger partial charge in [-0.1, -0.05) is 0 Å². The van der Waals surface area contributed by atoms with Crippen molar-refractivity contribution < 1.29 is 14.2 Å². The van der Waals surface area contributed by atoms with Gasteiger partial charge >= 0.3 is 0 Å². The van der Waals surface area contributed by atoms with E-state index in [-0.39, 0.29) is 11.6 Å². The summed E-state index contributed by atoms with van der Waals surface area (Å²) in [5, 5.41) is 13.4. The number of amides is 1. The van der Waals surface area contributed by atoms with Crippen molar-refractivity contribution in [2.24, 2.45) is 0 Å². The van der Waals surface area contributed by atoms with Crippen LogP contribution in [-0.4, -0.2) is 66.0 Å². The Hall–Kier alpha value is -1.99. The average Bonchev–Trinajstić information content (AvgIpc) is 2.49. The van der Waals surface area contributed by atoms with Gasteiger partial charge in [0.2, 0.25) is 0 Å². The molecule has 1 amide bonds. The number of non-ortho nitro benzene ring substituents is 1. The van der Waals surface area contributed by atoms with Crippen molar-refractivity contribution in [3.05, 3.63) is 34.4 Å². The topological polar surface area (TPSA) is 75.5 Å². The molecule has 0 radical (unpaired) electrons. The zero-order valence-corrected chi connectivity index (χ0v) is 11.8. The zero-order valence-electron chi connectivity index (χ0n) is 11.8. The number of carbonyl (C=O) groups is 1. The predicted octanol–water partition coefficient (Wildman–Crippen LogP) is 0.679. The average molecular weight is 291 g/mol. The number of nitrogens with zero attached hydrogens (tertiary/aromatic N) is 3. The number of piperazine rings is 3. The van der Waals surface area contributed by atoms with Gasteiger partial charge in [-0.05, 0) is 12.1 Å². The maximum atomic E-state index is 12.2. The molecule has 1 aromatic carbocycles. The monoisotopic (exact) mass is 291 g/mol. The highest BCUT2D eigenvalue weighted by Gasteiger charge is 2.39. The summed E-state index contributed by atoms with van der Waals surface area (Å²) in [5.74, 6) is -0.0146. The number of hydrogen-bond acceptors (Lipinski definition) is 4. The van der Waals surface area contributed by atoms with Gasteiger partial charge in [0.15, 0.2) is 6.54 Å². The first-order chi connectivity index (χ1) is 10.1. The maximum absolute atomic E-state index is 12.2. The van der Waals surface area contributed by atoms with Crippen molar-refractivity contribution in [2.45, 2.75) is 0 Å². The Morgan fingerprint density at radius 3 is 2.29 bits per heavy atom. The number of nitro groups is 1. The molecule has 7 nitrogen and oxygen atoms in total. The van der Waals surface area contributed by atoms with E-state index in [0.717, 1.165) is 43.8 Å². The van der Waals surface area contributed by atoms with E-state index >= 15 is 0 Å². The van der Waals surface area contributed by atoms with E-state index in [0.29, 0.717) is 12.2 Å². The van der Waals surface area contributed by atoms with Crippen LogP contribution >= 0.6 is 0 Å². The van der Waals surface area contributed by atoms with Crippen LogP contribution < -0.4 is 5.32 Å². The molecular weight excluding hydrogens is 272 g/mol. The van der Waals surface area contributed by atoms with E-state index in [4.69, 9.17) is 0 Å². The number of rotatable bonds is 4. The highest BCUT2D eigenvalue weighted by atomic mass is 16.6. The molecular formula is C14H19N4O3+. The fourth-order valence-electron chi connectivity index (χ4n) is 3.14. The van der Waals surface area contributed by atoms with Crippen LogP contribution in [-0.2, 0) is 4.79 Å². The summed E-state index contributed by atoms with van der Waals surface area (Å²) in [6, 6.07) is 5.96. The van der Waals surface area contributed by atoms with Crippen LogP contribution in [0.1, 0.15) is 0 Å². The predicted molar refractivity (Wildman–Crippen MR) is 77.9 cm³/mol. The van der Waals surface area contributed by atoms with E-state index in [1.807, 2.05) is 0 Å². The van der Waals surface area contributed by atoms with Crippen molar-refractivity contribution in [2.75, 3.05) is 51.1 Å². The van der Waals surface area contributed by atoms with Crippen LogP contribution in [0.15, 0.2) is 24.3 Å². The molecule has 0 atom stereocenters. The van der Waals surface area contributed by atoms with Crippen LogP contribution in [0.2, 0.25) is 0 Å². The molecule has 1 aromatic rings. The Labute approximate surface area is 122 Å². The highest BCUT2D eigenvalue weighted by Crippen LogP contribution is 2.20. The lowest BCUT2D eigenvalue weighted by atomic mass is 10.1. The first kappa shape index (κ1) is 14.0. The summed E-state index contributed by atoms with van der Waals surface area (Å²) < 4.78 is 0.870. The van der Waals surface area contributed by atoms with Crippen LogP contribution in [0.3, 0.4) is 0 Å². The van der Waals surface area contributed by atoms with Crippen molar-refractivity contribution in [3.8, 4) is 0 Å². The highest BCUT2D eigenvalue weighted by molar-refractivity contribution is 5.91. The number of benzene rings is 1. The van der Waals surface area contributed by atoms with E-state index in [1.54, 1.807) is 12.1 Å². The minimum Gasteiger partial charge on any atom is -0.321 e. The lowest BCUT2D eigenvalue weighted by molar-refractivity contribution is -0.933. The second kappa shape index (κ2) is 5.42. The molecule has 0 unspecified atom stereocenters. The Bertz CT molecular complexity index is 536. The summed E-state index contributed by atoms with van der Waals surface area (Å²) in [6.07, 6.45) is 0. The molecule has 2 bridgehead atoms. The van der Waals surface area contributed by atoms with E-state index < -0.39 is 4.92 Å². The lowest BCUT2D eigenvalue weighted by Gasteiger charge is -2.50. The zero-order chi connectivity index (χ0) is 14.9. The van der Waals surface area contributed by atoms with Gasteiger partial charge in [0.05, 0.1) is 24.6 Å². The normalized spacial score (nSPS) is 27.3. The minimum absolute atomic E-state index is 0.0146. The minimum atomic E-state index is -0.447. The number of nitrogens with one attached hydrogen (secondary N) is 1. The summed E-state index contributed by atoms with van der Waals surface area (Å²) >= 11 is 0. The number of anilines is 1. The molecule has 3 heterocycles. The van der Waals surface area contributed by atoms with Gasteiger partial charge in [0.25, 0.3) is 11.6 Å². The molecule has 4 rings (SSSR count). The fourth-order valence-corrected chi connectivity index (χ4v) is 3.14. The van der Waals surface area contributed by atoms with Gasteiger partial charge in [-0.25, -0.2) is 0 Å². The van der Waals surface area contributed by atoms with Crippen LogP contribution in [0, 0.1) is 10.1 Å². The summed E-state index contributed by atoms with van der Waals surface area (Å²) in [4.78, 5) is 24.8. The molecule has 0 saturated carbocycles. The van der Waals surface area contributed by atoms with E-state index in [1.165, 1.54) is 12.1 Å². The van der Waals surface area contributed by atoms with Gasteiger partial charge in [-0.15, -0.1) is 0 Å². The van der Waals surface area contributed by atoms with Gasteiger partial charge in [0.1, 0.15) is 0 Å². The Morgan fingerprint density at radius 2 is 1.76 bits per heavy atom. The van der Waals surface area contributed by atoms with Gasteiger partial charge < -0.3 is 9.80 Å². The number of hydrogen-bond donors (Lipinski definition) is 1.